The molecule has 1 saturated carbocycles. The average molecular weight is 262 g/mol. The standard InChI is InChI=1S/C16H26N2O/c1-12(14-8-9-14)18(2)11-16(19)15(17)10-13-6-4-3-5-7-13/h3-7,12,14-16,19H,8-11,17H2,1-2H3. The molecule has 1 fully saturated rings. The molecular formula is C16H26N2O. The largest absolute Gasteiger partial charge is 0.390 e. The fourth-order valence-corrected chi connectivity index (χ4v) is 2.56. The van der Waals surface area contributed by atoms with Crippen LogP contribution in [0.25, 0.3) is 0 Å². The van der Waals surface area contributed by atoms with Gasteiger partial charge >= 0.3 is 0 Å². The number of benzene rings is 1. The first-order valence-corrected chi connectivity index (χ1v) is 7.25. The topological polar surface area (TPSA) is 49.5 Å². The molecule has 3 heteroatoms. The van der Waals surface area contributed by atoms with Crippen LogP contribution >= 0.6 is 0 Å². The smallest absolute Gasteiger partial charge is 0.0820 e. The second kappa shape index (κ2) is 6.51. The predicted octanol–water partition coefficient (Wildman–Crippen LogP) is 1.65. The Balaban J connectivity index is 1.79. The first-order chi connectivity index (χ1) is 9.08. The van der Waals surface area contributed by atoms with Gasteiger partial charge < -0.3 is 15.7 Å². The summed E-state index contributed by atoms with van der Waals surface area (Å²) in [6, 6.07) is 10.5. The first-order valence-electron chi connectivity index (χ1n) is 7.25. The summed E-state index contributed by atoms with van der Waals surface area (Å²) in [7, 11) is 2.08. The van der Waals surface area contributed by atoms with Crippen molar-refractivity contribution in [1.82, 2.24) is 4.90 Å². The molecule has 0 radical (unpaired) electrons. The van der Waals surface area contributed by atoms with Crippen molar-refractivity contribution < 1.29 is 5.11 Å². The van der Waals surface area contributed by atoms with E-state index in [2.05, 4.69) is 31.0 Å². The Morgan fingerprint density at radius 1 is 1.32 bits per heavy atom. The summed E-state index contributed by atoms with van der Waals surface area (Å²) in [4.78, 5) is 2.24. The van der Waals surface area contributed by atoms with Crippen LogP contribution in [0.4, 0.5) is 0 Å². The van der Waals surface area contributed by atoms with E-state index in [9.17, 15) is 5.11 Å². The van der Waals surface area contributed by atoms with Crippen molar-refractivity contribution in [2.24, 2.45) is 11.7 Å². The zero-order valence-electron chi connectivity index (χ0n) is 12.0. The molecule has 3 unspecified atom stereocenters. The second-order valence-electron chi connectivity index (χ2n) is 5.94. The number of nitrogens with two attached hydrogens (primary N) is 1. The molecular weight excluding hydrogens is 236 g/mol. The van der Waals surface area contributed by atoms with Crippen LogP contribution in [-0.2, 0) is 6.42 Å². The molecule has 1 aliphatic carbocycles. The van der Waals surface area contributed by atoms with Crippen LogP contribution in [0.1, 0.15) is 25.3 Å². The van der Waals surface area contributed by atoms with Gasteiger partial charge in [-0.1, -0.05) is 30.3 Å². The SMILES string of the molecule is CC(C1CC1)N(C)CC(O)C(N)Cc1ccccc1. The monoisotopic (exact) mass is 262 g/mol. The zero-order chi connectivity index (χ0) is 13.8. The van der Waals surface area contributed by atoms with Crippen molar-refractivity contribution in [3.05, 3.63) is 35.9 Å². The van der Waals surface area contributed by atoms with Crippen LogP contribution in [0.2, 0.25) is 0 Å². The summed E-state index contributed by atoms with van der Waals surface area (Å²) in [6.45, 7) is 2.90. The molecule has 0 saturated heterocycles. The van der Waals surface area contributed by atoms with Gasteiger partial charge in [0.25, 0.3) is 0 Å². The van der Waals surface area contributed by atoms with Crippen LogP contribution in [-0.4, -0.2) is 41.8 Å². The number of hydrogen-bond donors (Lipinski definition) is 2. The maximum absolute atomic E-state index is 10.2. The minimum Gasteiger partial charge on any atom is -0.390 e. The van der Waals surface area contributed by atoms with Gasteiger partial charge in [-0.05, 0) is 44.7 Å². The fourth-order valence-electron chi connectivity index (χ4n) is 2.56. The molecule has 0 spiro atoms. The third-order valence-corrected chi connectivity index (χ3v) is 4.28. The molecule has 3 atom stereocenters. The van der Waals surface area contributed by atoms with E-state index in [1.807, 2.05) is 18.2 Å². The molecule has 0 aliphatic heterocycles. The first kappa shape index (κ1) is 14.5. The molecule has 19 heavy (non-hydrogen) atoms. The summed E-state index contributed by atoms with van der Waals surface area (Å²) < 4.78 is 0. The van der Waals surface area contributed by atoms with Gasteiger partial charge in [-0.3, -0.25) is 0 Å². The molecule has 0 aromatic heterocycles. The van der Waals surface area contributed by atoms with E-state index < -0.39 is 6.10 Å². The molecule has 1 aromatic carbocycles. The zero-order valence-corrected chi connectivity index (χ0v) is 12.0. The van der Waals surface area contributed by atoms with E-state index in [4.69, 9.17) is 5.73 Å². The van der Waals surface area contributed by atoms with Gasteiger partial charge in [0, 0.05) is 18.6 Å². The quantitative estimate of drug-likeness (QED) is 0.785. The van der Waals surface area contributed by atoms with Crippen LogP contribution in [0, 0.1) is 5.92 Å². The Kier molecular flexibility index (Phi) is 4.97. The number of nitrogens with zero attached hydrogens (tertiary/aromatic N) is 1. The number of aliphatic hydroxyl groups is 1. The van der Waals surface area contributed by atoms with Crippen LogP contribution in [0.15, 0.2) is 30.3 Å². The summed E-state index contributed by atoms with van der Waals surface area (Å²) in [5, 5.41) is 10.2. The van der Waals surface area contributed by atoms with E-state index in [1.165, 1.54) is 18.4 Å². The second-order valence-corrected chi connectivity index (χ2v) is 5.94. The molecule has 0 bridgehead atoms. The van der Waals surface area contributed by atoms with Gasteiger partial charge in [0.2, 0.25) is 0 Å². The third kappa shape index (κ3) is 4.30. The van der Waals surface area contributed by atoms with E-state index in [1.54, 1.807) is 0 Å². The van der Waals surface area contributed by atoms with Gasteiger partial charge in [-0.15, -0.1) is 0 Å². The fraction of sp³-hybridized carbons (Fsp3) is 0.625. The minimum atomic E-state index is -0.466. The van der Waals surface area contributed by atoms with Crippen molar-refractivity contribution in [3.8, 4) is 0 Å². The lowest BCUT2D eigenvalue weighted by atomic mass is 10.0. The summed E-state index contributed by atoms with van der Waals surface area (Å²) in [6.07, 6.45) is 2.93. The molecule has 0 amide bonds. The van der Waals surface area contributed by atoms with Crippen molar-refractivity contribution in [3.63, 3.8) is 0 Å². The minimum absolute atomic E-state index is 0.198. The maximum atomic E-state index is 10.2. The Labute approximate surface area is 116 Å². The van der Waals surface area contributed by atoms with Gasteiger partial charge in [0.1, 0.15) is 0 Å². The van der Waals surface area contributed by atoms with Gasteiger partial charge in [-0.2, -0.15) is 0 Å². The van der Waals surface area contributed by atoms with Gasteiger partial charge in [0.15, 0.2) is 0 Å². The highest BCUT2D eigenvalue weighted by atomic mass is 16.3. The predicted molar refractivity (Wildman–Crippen MR) is 78.9 cm³/mol. The Bertz CT molecular complexity index is 378. The lowest BCUT2D eigenvalue weighted by molar-refractivity contribution is 0.0827. The number of likely N-dealkylation sites (N-methyl/N-ethyl adjacent to an activating group) is 1. The molecule has 2 rings (SSSR count). The Morgan fingerprint density at radius 2 is 1.95 bits per heavy atom. The Morgan fingerprint density at radius 3 is 2.53 bits per heavy atom. The van der Waals surface area contributed by atoms with Crippen LogP contribution in [0.3, 0.4) is 0 Å². The van der Waals surface area contributed by atoms with Crippen LogP contribution < -0.4 is 5.73 Å². The highest BCUT2D eigenvalue weighted by Gasteiger charge is 2.31. The van der Waals surface area contributed by atoms with Crippen molar-refractivity contribution in [2.75, 3.05) is 13.6 Å². The van der Waals surface area contributed by atoms with E-state index in [-0.39, 0.29) is 6.04 Å². The van der Waals surface area contributed by atoms with Gasteiger partial charge in [0.05, 0.1) is 6.10 Å². The number of hydrogen-bond acceptors (Lipinski definition) is 3. The summed E-state index contributed by atoms with van der Waals surface area (Å²) >= 11 is 0. The number of aliphatic hydroxyl groups excluding tert-OH is 1. The maximum Gasteiger partial charge on any atom is 0.0820 e. The van der Waals surface area contributed by atoms with Crippen molar-refractivity contribution in [1.29, 1.82) is 0 Å². The lowest BCUT2D eigenvalue weighted by Crippen LogP contribution is -2.46. The highest BCUT2D eigenvalue weighted by molar-refractivity contribution is 5.16. The van der Waals surface area contributed by atoms with Crippen molar-refractivity contribution >= 4 is 0 Å². The van der Waals surface area contributed by atoms with E-state index >= 15 is 0 Å². The number of rotatable bonds is 7. The summed E-state index contributed by atoms with van der Waals surface area (Å²) in [5.41, 5.74) is 7.30. The molecule has 3 nitrogen and oxygen atoms in total. The van der Waals surface area contributed by atoms with Crippen molar-refractivity contribution in [2.45, 2.75) is 44.4 Å². The van der Waals surface area contributed by atoms with Crippen LogP contribution in [0.5, 0.6) is 0 Å². The average Bonchev–Trinajstić information content (AvgIpc) is 3.23. The normalized spacial score (nSPS) is 20.3. The third-order valence-electron chi connectivity index (χ3n) is 4.28. The van der Waals surface area contributed by atoms with E-state index in [0.717, 1.165) is 12.3 Å². The summed E-state index contributed by atoms with van der Waals surface area (Å²) in [5.74, 6) is 0.822. The Hall–Kier alpha value is -0.900. The molecule has 3 N–H and O–H groups in total. The highest BCUT2D eigenvalue weighted by Crippen LogP contribution is 2.34. The van der Waals surface area contributed by atoms with Gasteiger partial charge in [-0.25, -0.2) is 0 Å². The molecule has 106 valence electrons. The molecule has 0 heterocycles. The van der Waals surface area contributed by atoms with E-state index in [0.29, 0.717) is 12.6 Å². The lowest BCUT2D eigenvalue weighted by Gasteiger charge is -2.29. The molecule has 1 aliphatic rings. The molecule has 1 aromatic rings.